The average molecular weight is 305 g/mol. The molecule has 1 aromatic carbocycles. The summed E-state index contributed by atoms with van der Waals surface area (Å²) in [6.45, 7) is -0.215. The Hall–Kier alpha value is -2.38. The first kappa shape index (κ1) is 15.0. The van der Waals surface area contributed by atoms with Gasteiger partial charge in [-0.05, 0) is 17.7 Å². The van der Waals surface area contributed by atoms with Gasteiger partial charge in [-0.25, -0.2) is 13.6 Å². The zero-order valence-electron chi connectivity index (χ0n) is 10.3. The van der Waals surface area contributed by atoms with Crippen LogP contribution in [0.25, 0.3) is 0 Å². The number of aromatic nitrogens is 1. The number of halogens is 5. The van der Waals surface area contributed by atoms with E-state index in [-0.39, 0.29) is 12.1 Å². The molecule has 0 aliphatic rings. The number of benzene rings is 1. The smallest absolute Gasteiger partial charge is 0.418 e. The fourth-order valence-electron chi connectivity index (χ4n) is 1.84. The van der Waals surface area contributed by atoms with Crippen LogP contribution in [0.1, 0.15) is 21.5 Å². The van der Waals surface area contributed by atoms with E-state index in [9.17, 15) is 26.7 Å². The molecule has 1 N–H and O–H groups in total. The number of carbonyl (C=O) groups is 1. The van der Waals surface area contributed by atoms with Gasteiger partial charge in [-0.2, -0.15) is 13.2 Å². The summed E-state index contributed by atoms with van der Waals surface area (Å²) in [4.78, 5) is 10.8. The molecule has 0 amide bonds. The molecule has 2 rings (SSSR count). The molecular weight excluding hydrogens is 297 g/mol. The van der Waals surface area contributed by atoms with Gasteiger partial charge in [0.25, 0.3) is 0 Å². The summed E-state index contributed by atoms with van der Waals surface area (Å²) in [5.41, 5.74) is -1.99. The Bertz CT molecular complexity index is 690. The summed E-state index contributed by atoms with van der Waals surface area (Å²) in [6, 6.07) is 2.88. The highest BCUT2D eigenvalue weighted by atomic mass is 19.4. The zero-order chi connectivity index (χ0) is 15.8. The quantitative estimate of drug-likeness (QED) is 0.881. The number of hydrogen-bond donors (Lipinski definition) is 1. The molecule has 3 nitrogen and oxygen atoms in total. The van der Waals surface area contributed by atoms with E-state index < -0.39 is 34.9 Å². The Kier molecular flexibility index (Phi) is 3.71. The van der Waals surface area contributed by atoms with Crippen molar-refractivity contribution in [3.05, 3.63) is 58.9 Å². The van der Waals surface area contributed by atoms with Gasteiger partial charge in [0.05, 0.1) is 11.1 Å². The standard InChI is InChI=1S/C13H8F5NO2/c14-10-2-1-7(3-11(10)15)4-19-5-8(12(20)21)9(6-19)13(16,17)18/h1-3,5-6H,4H2,(H,20,21). The van der Waals surface area contributed by atoms with Crippen LogP contribution in [0.15, 0.2) is 30.6 Å². The van der Waals surface area contributed by atoms with Gasteiger partial charge < -0.3 is 9.67 Å². The fourth-order valence-corrected chi connectivity index (χ4v) is 1.84. The van der Waals surface area contributed by atoms with E-state index in [4.69, 9.17) is 5.11 Å². The second-order valence-corrected chi connectivity index (χ2v) is 4.31. The van der Waals surface area contributed by atoms with E-state index in [2.05, 4.69) is 0 Å². The Balaban J connectivity index is 2.37. The molecule has 0 atom stereocenters. The largest absolute Gasteiger partial charge is 0.478 e. The van der Waals surface area contributed by atoms with Crippen molar-refractivity contribution >= 4 is 5.97 Å². The van der Waals surface area contributed by atoms with Gasteiger partial charge in [-0.1, -0.05) is 6.07 Å². The Morgan fingerprint density at radius 1 is 1.14 bits per heavy atom. The molecule has 1 heterocycles. The topological polar surface area (TPSA) is 42.2 Å². The highest BCUT2D eigenvalue weighted by Crippen LogP contribution is 2.32. The van der Waals surface area contributed by atoms with Crippen molar-refractivity contribution in [2.75, 3.05) is 0 Å². The molecule has 2 aromatic rings. The number of rotatable bonds is 3. The van der Waals surface area contributed by atoms with E-state index in [0.717, 1.165) is 22.9 Å². The maximum atomic E-state index is 13.0. The number of nitrogens with zero attached hydrogens (tertiary/aromatic N) is 1. The molecule has 0 aliphatic carbocycles. The molecule has 0 spiro atoms. The molecule has 0 saturated carbocycles. The fraction of sp³-hybridized carbons (Fsp3) is 0.154. The summed E-state index contributed by atoms with van der Waals surface area (Å²) in [5.74, 6) is -3.92. The van der Waals surface area contributed by atoms with Crippen LogP contribution in [-0.4, -0.2) is 15.6 Å². The van der Waals surface area contributed by atoms with Gasteiger partial charge in [0, 0.05) is 18.9 Å². The molecule has 0 fully saturated rings. The van der Waals surface area contributed by atoms with Crippen molar-refractivity contribution in [1.29, 1.82) is 0 Å². The molecule has 8 heteroatoms. The summed E-state index contributed by atoms with van der Waals surface area (Å²) in [5, 5.41) is 8.77. The molecule has 1 aromatic heterocycles. The molecule has 21 heavy (non-hydrogen) atoms. The van der Waals surface area contributed by atoms with Crippen LogP contribution in [0, 0.1) is 11.6 Å². The van der Waals surface area contributed by atoms with E-state index in [1.807, 2.05) is 0 Å². The lowest BCUT2D eigenvalue weighted by Crippen LogP contribution is -2.09. The first-order valence-electron chi connectivity index (χ1n) is 5.62. The molecule has 0 saturated heterocycles. The SMILES string of the molecule is O=C(O)c1cn(Cc2ccc(F)c(F)c2)cc1C(F)(F)F. The minimum atomic E-state index is -4.81. The minimum absolute atomic E-state index is 0.203. The van der Waals surface area contributed by atoms with Crippen molar-refractivity contribution in [3.63, 3.8) is 0 Å². The van der Waals surface area contributed by atoms with Crippen molar-refractivity contribution in [2.24, 2.45) is 0 Å². The Morgan fingerprint density at radius 2 is 1.81 bits per heavy atom. The van der Waals surface area contributed by atoms with Gasteiger partial charge in [0.1, 0.15) is 0 Å². The predicted octanol–water partition coefficient (Wildman–Crippen LogP) is 3.53. The summed E-state index contributed by atoms with van der Waals surface area (Å²) >= 11 is 0. The van der Waals surface area contributed by atoms with Crippen molar-refractivity contribution in [1.82, 2.24) is 4.57 Å². The highest BCUT2D eigenvalue weighted by Gasteiger charge is 2.36. The zero-order valence-corrected chi connectivity index (χ0v) is 10.3. The van der Waals surface area contributed by atoms with Crippen LogP contribution >= 0.6 is 0 Å². The Morgan fingerprint density at radius 3 is 2.29 bits per heavy atom. The lowest BCUT2D eigenvalue weighted by Gasteiger charge is -2.05. The molecule has 0 radical (unpaired) electrons. The lowest BCUT2D eigenvalue weighted by atomic mass is 10.2. The molecule has 0 unspecified atom stereocenters. The Labute approximate surface area is 115 Å². The van der Waals surface area contributed by atoms with E-state index in [1.165, 1.54) is 6.07 Å². The molecule has 0 aliphatic heterocycles. The second-order valence-electron chi connectivity index (χ2n) is 4.31. The van der Waals surface area contributed by atoms with Gasteiger partial charge >= 0.3 is 12.1 Å². The number of carboxylic acid groups (broad SMARTS) is 1. The average Bonchev–Trinajstić information content (AvgIpc) is 2.78. The normalized spacial score (nSPS) is 11.7. The van der Waals surface area contributed by atoms with Gasteiger partial charge in [-0.15, -0.1) is 0 Å². The van der Waals surface area contributed by atoms with Crippen LogP contribution in [0.2, 0.25) is 0 Å². The van der Waals surface area contributed by atoms with Crippen LogP contribution in [0.4, 0.5) is 22.0 Å². The number of carboxylic acids is 1. The third-order valence-electron chi connectivity index (χ3n) is 2.76. The van der Waals surface area contributed by atoms with Crippen LogP contribution in [0.3, 0.4) is 0 Å². The van der Waals surface area contributed by atoms with E-state index >= 15 is 0 Å². The lowest BCUT2D eigenvalue weighted by molar-refractivity contribution is -0.138. The molecule has 112 valence electrons. The number of alkyl halides is 3. The molecule has 0 bridgehead atoms. The van der Waals surface area contributed by atoms with Crippen LogP contribution < -0.4 is 0 Å². The number of aromatic carboxylic acids is 1. The summed E-state index contributed by atoms with van der Waals surface area (Å²) in [6.07, 6.45) is -3.40. The third-order valence-corrected chi connectivity index (χ3v) is 2.76. The monoisotopic (exact) mass is 305 g/mol. The van der Waals surface area contributed by atoms with Crippen LogP contribution in [0.5, 0.6) is 0 Å². The first-order chi connectivity index (χ1) is 9.68. The van der Waals surface area contributed by atoms with Gasteiger partial charge in [0.2, 0.25) is 0 Å². The van der Waals surface area contributed by atoms with Crippen molar-refractivity contribution < 1.29 is 31.9 Å². The van der Waals surface area contributed by atoms with E-state index in [1.54, 1.807) is 0 Å². The summed E-state index contributed by atoms with van der Waals surface area (Å²) < 4.78 is 64.8. The minimum Gasteiger partial charge on any atom is -0.478 e. The second kappa shape index (κ2) is 5.19. The van der Waals surface area contributed by atoms with Crippen LogP contribution in [-0.2, 0) is 12.7 Å². The van der Waals surface area contributed by atoms with E-state index in [0.29, 0.717) is 6.20 Å². The van der Waals surface area contributed by atoms with Crippen molar-refractivity contribution in [3.8, 4) is 0 Å². The summed E-state index contributed by atoms with van der Waals surface area (Å²) in [7, 11) is 0. The van der Waals surface area contributed by atoms with Crippen molar-refractivity contribution in [2.45, 2.75) is 12.7 Å². The predicted molar refractivity (Wildman–Crippen MR) is 61.9 cm³/mol. The van der Waals surface area contributed by atoms with Gasteiger partial charge in [-0.3, -0.25) is 0 Å². The maximum absolute atomic E-state index is 13.0. The number of hydrogen-bond acceptors (Lipinski definition) is 1. The maximum Gasteiger partial charge on any atom is 0.418 e. The third kappa shape index (κ3) is 3.21. The molecular formula is C13H8F5NO2. The highest BCUT2D eigenvalue weighted by molar-refractivity contribution is 5.89. The van der Waals surface area contributed by atoms with Gasteiger partial charge in [0.15, 0.2) is 11.6 Å². The first-order valence-corrected chi connectivity index (χ1v) is 5.62.